The van der Waals surface area contributed by atoms with Crippen LogP contribution >= 0.6 is 0 Å². The summed E-state index contributed by atoms with van der Waals surface area (Å²) in [5.74, 6) is -0.0872. The maximum Gasteiger partial charge on any atom is 0.305 e. The third-order valence-corrected chi connectivity index (χ3v) is 14.4. The Morgan fingerprint density at radius 2 is 0.704 bits per heavy atom. The molecule has 416 valence electrons. The van der Waals surface area contributed by atoms with E-state index in [1.807, 2.05) is 0 Å². The Balaban J connectivity index is 3.46. The van der Waals surface area contributed by atoms with Gasteiger partial charge in [-0.1, -0.05) is 287 Å². The van der Waals surface area contributed by atoms with Crippen LogP contribution in [0.25, 0.3) is 0 Å². The molecule has 0 rings (SSSR count). The molecule has 0 saturated heterocycles. The van der Waals surface area contributed by atoms with Crippen LogP contribution in [0.3, 0.4) is 0 Å². The number of hydrogen-bond acceptors (Lipinski definition) is 5. The number of ether oxygens (including phenoxy) is 1. The van der Waals surface area contributed by atoms with Crippen molar-refractivity contribution in [2.24, 2.45) is 0 Å². The molecule has 0 radical (unpaired) electrons. The summed E-state index contributed by atoms with van der Waals surface area (Å²) in [4.78, 5) is 24.5. The zero-order valence-corrected chi connectivity index (χ0v) is 47.5. The summed E-state index contributed by atoms with van der Waals surface area (Å²) in [6.45, 7) is 4.83. The van der Waals surface area contributed by atoms with Gasteiger partial charge in [0, 0.05) is 12.8 Å². The Labute approximate surface area is 442 Å². The zero-order chi connectivity index (χ0) is 51.4. The van der Waals surface area contributed by atoms with E-state index in [0.717, 1.165) is 64.2 Å². The molecule has 6 nitrogen and oxygen atoms in total. The number of allylic oxidation sites excluding steroid dienone is 7. The smallest absolute Gasteiger partial charge is 0.305 e. The van der Waals surface area contributed by atoms with Gasteiger partial charge in [-0.2, -0.15) is 0 Å². The standard InChI is InChI=1S/C65H121NO5/c1-3-5-7-9-11-13-15-17-19-26-29-33-37-41-45-49-53-57-63(68)62(61-67)66-64(69)58-54-50-46-42-38-34-30-27-24-22-21-23-25-28-32-36-40-44-48-52-56-60-71-65(70)59-55-51-47-43-39-35-31-20-18-16-14-12-10-8-6-4-2/h14,16,20,31,36,40,48,52,62-63,67-68H,3-13,15,17-19,21-30,32-35,37-39,41-47,49-51,53-61H2,1-2H3,(H,66,69)/b16-14-,31-20-,40-36-,52-48-. The molecular weight excluding hydrogens is 875 g/mol. The van der Waals surface area contributed by atoms with Gasteiger partial charge in [0.15, 0.2) is 0 Å². The lowest BCUT2D eigenvalue weighted by Gasteiger charge is -2.22. The molecule has 1 amide bonds. The van der Waals surface area contributed by atoms with Crippen molar-refractivity contribution in [2.75, 3.05) is 13.2 Å². The summed E-state index contributed by atoms with van der Waals surface area (Å²) in [5.41, 5.74) is 0. The molecule has 0 spiro atoms. The predicted octanol–water partition coefficient (Wildman–Crippen LogP) is 19.7. The van der Waals surface area contributed by atoms with E-state index in [9.17, 15) is 19.8 Å². The average molecular weight is 997 g/mol. The number of aliphatic hydroxyl groups is 2. The van der Waals surface area contributed by atoms with Crippen molar-refractivity contribution < 1.29 is 24.5 Å². The molecule has 0 saturated carbocycles. The number of hydrogen-bond donors (Lipinski definition) is 3. The van der Waals surface area contributed by atoms with Gasteiger partial charge in [-0.05, 0) is 77.0 Å². The van der Waals surface area contributed by atoms with Crippen LogP contribution < -0.4 is 5.32 Å². The lowest BCUT2D eigenvalue weighted by Crippen LogP contribution is -2.45. The molecule has 0 aliphatic rings. The van der Waals surface area contributed by atoms with Crippen molar-refractivity contribution in [3.05, 3.63) is 48.6 Å². The lowest BCUT2D eigenvalue weighted by molar-refractivity contribution is -0.143. The first-order chi connectivity index (χ1) is 35.0. The van der Waals surface area contributed by atoms with Crippen LogP contribution in [0.15, 0.2) is 48.6 Å². The average Bonchev–Trinajstić information content (AvgIpc) is 3.37. The molecule has 0 aliphatic carbocycles. The Morgan fingerprint density at radius 3 is 1.08 bits per heavy atom. The minimum absolute atomic E-state index is 0.0385. The van der Waals surface area contributed by atoms with Crippen molar-refractivity contribution in [3.8, 4) is 0 Å². The Kier molecular flexibility index (Phi) is 58.5. The van der Waals surface area contributed by atoms with Crippen LogP contribution in [0.2, 0.25) is 0 Å². The van der Waals surface area contributed by atoms with Gasteiger partial charge in [0.25, 0.3) is 0 Å². The Hall–Kier alpha value is -2.18. The Bertz CT molecular complexity index is 1190. The van der Waals surface area contributed by atoms with E-state index < -0.39 is 12.1 Å². The van der Waals surface area contributed by atoms with E-state index in [4.69, 9.17) is 4.74 Å². The van der Waals surface area contributed by atoms with E-state index in [2.05, 4.69) is 67.8 Å². The topological polar surface area (TPSA) is 95.9 Å². The number of amides is 1. The van der Waals surface area contributed by atoms with Gasteiger partial charge < -0.3 is 20.3 Å². The third kappa shape index (κ3) is 57.0. The van der Waals surface area contributed by atoms with Crippen LogP contribution in [-0.2, 0) is 14.3 Å². The highest BCUT2D eigenvalue weighted by molar-refractivity contribution is 5.76. The quantitative estimate of drug-likeness (QED) is 0.0321. The van der Waals surface area contributed by atoms with E-state index in [1.165, 1.54) is 231 Å². The molecule has 71 heavy (non-hydrogen) atoms. The van der Waals surface area contributed by atoms with E-state index in [-0.39, 0.29) is 18.5 Å². The number of unbranched alkanes of at least 4 members (excludes halogenated alkanes) is 39. The maximum atomic E-state index is 12.5. The zero-order valence-electron chi connectivity index (χ0n) is 47.5. The minimum Gasteiger partial charge on any atom is -0.465 e. The molecule has 3 N–H and O–H groups in total. The van der Waals surface area contributed by atoms with Crippen molar-refractivity contribution in [1.29, 1.82) is 0 Å². The summed E-state index contributed by atoms with van der Waals surface area (Å²) in [7, 11) is 0. The summed E-state index contributed by atoms with van der Waals surface area (Å²) < 4.78 is 5.41. The van der Waals surface area contributed by atoms with Crippen molar-refractivity contribution in [2.45, 2.75) is 341 Å². The number of nitrogens with one attached hydrogen (secondary N) is 1. The second-order valence-corrected chi connectivity index (χ2v) is 21.4. The van der Waals surface area contributed by atoms with E-state index >= 15 is 0 Å². The van der Waals surface area contributed by atoms with Crippen LogP contribution in [0.5, 0.6) is 0 Å². The highest BCUT2D eigenvalue weighted by Gasteiger charge is 2.20. The molecule has 0 aliphatic heterocycles. The molecule has 2 atom stereocenters. The predicted molar refractivity (Wildman–Crippen MR) is 310 cm³/mol. The van der Waals surface area contributed by atoms with Gasteiger partial charge in [-0.25, -0.2) is 0 Å². The third-order valence-electron chi connectivity index (χ3n) is 14.4. The SMILES string of the molecule is CCCCCC/C=C\C/C=C\CCCCCCCC(=O)OCC/C=C\C/C=C\CCCCCCCCCCCCCCCCC(=O)NC(CO)C(O)CCCCCCCCCCCCCCCCCCC. The largest absolute Gasteiger partial charge is 0.465 e. The van der Waals surface area contributed by atoms with Crippen LogP contribution in [0.1, 0.15) is 328 Å². The van der Waals surface area contributed by atoms with Crippen LogP contribution in [0.4, 0.5) is 0 Å². The minimum atomic E-state index is -0.669. The molecule has 0 bridgehead atoms. The maximum absolute atomic E-state index is 12.5. The highest BCUT2D eigenvalue weighted by atomic mass is 16.5. The van der Waals surface area contributed by atoms with Crippen molar-refractivity contribution in [3.63, 3.8) is 0 Å². The fourth-order valence-corrected chi connectivity index (χ4v) is 9.57. The fourth-order valence-electron chi connectivity index (χ4n) is 9.57. The van der Waals surface area contributed by atoms with Gasteiger partial charge in [-0.15, -0.1) is 0 Å². The summed E-state index contributed by atoms with van der Waals surface area (Å²) in [6, 6.07) is -0.547. The number of rotatable bonds is 58. The number of carbonyl (C=O) groups is 2. The molecular formula is C65H121NO5. The molecule has 0 fully saturated rings. The van der Waals surface area contributed by atoms with Gasteiger partial charge in [0.2, 0.25) is 5.91 Å². The van der Waals surface area contributed by atoms with Gasteiger partial charge in [0.1, 0.15) is 0 Å². The normalized spacial score (nSPS) is 12.9. The summed E-state index contributed by atoms with van der Waals surface area (Å²) in [6.07, 6.45) is 77.0. The second kappa shape index (κ2) is 60.4. The van der Waals surface area contributed by atoms with E-state index in [0.29, 0.717) is 25.9 Å². The molecule has 0 aromatic carbocycles. The highest BCUT2D eigenvalue weighted by Crippen LogP contribution is 2.17. The van der Waals surface area contributed by atoms with Gasteiger partial charge >= 0.3 is 5.97 Å². The summed E-state index contributed by atoms with van der Waals surface area (Å²) >= 11 is 0. The molecule has 0 heterocycles. The van der Waals surface area contributed by atoms with Crippen LogP contribution in [0, 0.1) is 0 Å². The first-order valence-corrected chi connectivity index (χ1v) is 31.4. The monoisotopic (exact) mass is 996 g/mol. The second-order valence-electron chi connectivity index (χ2n) is 21.4. The molecule has 0 aromatic heterocycles. The van der Waals surface area contributed by atoms with Gasteiger partial charge in [-0.3, -0.25) is 9.59 Å². The van der Waals surface area contributed by atoms with Gasteiger partial charge in [0.05, 0.1) is 25.4 Å². The van der Waals surface area contributed by atoms with Crippen molar-refractivity contribution in [1.82, 2.24) is 5.32 Å². The van der Waals surface area contributed by atoms with Crippen LogP contribution in [-0.4, -0.2) is 47.4 Å². The number of carbonyl (C=O) groups excluding carboxylic acids is 2. The molecule has 2 unspecified atom stereocenters. The first kappa shape index (κ1) is 68.8. The lowest BCUT2D eigenvalue weighted by atomic mass is 10.0. The number of aliphatic hydroxyl groups excluding tert-OH is 2. The van der Waals surface area contributed by atoms with E-state index in [1.54, 1.807) is 0 Å². The van der Waals surface area contributed by atoms with Crippen molar-refractivity contribution >= 4 is 11.9 Å². The molecule has 0 aromatic rings. The first-order valence-electron chi connectivity index (χ1n) is 31.4. The number of esters is 1. The summed E-state index contributed by atoms with van der Waals surface area (Å²) in [5, 5.41) is 23.3. The Morgan fingerprint density at radius 1 is 0.394 bits per heavy atom. The molecule has 6 heteroatoms. The fraction of sp³-hybridized carbons (Fsp3) is 0.846.